The number of hydrogen-bond acceptors (Lipinski definition) is 10. The van der Waals surface area contributed by atoms with E-state index in [2.05, 4.69) is 20.9 Å². The van der Waals surface area contributed by atoms with Gasteiger partial charge in [0.05, 0.1) is 0 Å². The van der Waals surface area contributed by atoms with Gasteiger partial charge in [-0.25, -0.2) is 29.5 Å². The molecule has 0 bridgehead atoms. The molecule has 2 aliphatic carbocycles. The van der Waals surface area contributed by atoms with E-state index in [9.17, 15) is 29.3 Å². The molecule has 16 heteroatoms. The number of nitrogens with zero attached hydrogens (tertiary/aromatic N) is 2. The van der Waals surface area contributed by atoms with E-state index in [4.69, 9.17) is 19.9 Å². The van der Waals surface area contributed by atoms with E-state index in [0.717, 1.165) is 44.5 Å². The van der Waals surface area contributed by atoms with Gasteiger partial charge in [0.1, 0.15) is 30.9 Å². The van der Waals surface area contributed by atoms with Crippen molar-refractivity contribution in [1.82, 2.24) is 21.4 Å². The van der Waals surface area contributed by atoms with Crippen molar-refractivity contribution in [1.29, 1.82) is 0 Å². The van der Waals surface area contributed by atoms with Crippen LogP contribution in [0.2, 0.25) is 0 Å². The minimum absolute atomic E-state index is 0.00961. The molecule has 0 aromatic heterocycles. The third-order valence-electron chi connectivity index (χ3n) is 10.1. The number of carbonyl (C=O) groups is 4. The number of benzene rings is 4. The van der Waals surface area contributed by atoms with Crippen LogP contribution in [0.25, 0.3) is 22.3 Å². The summed E-state index contributed by atoms with van der Waals surface area (Å²) >= 11 is 0. The molecule has 2 atom stereocenters. The molecular weight excluding hydrogens is 771 g/mol. The number of carbonyl (C=O) groups excluding carboxylic acids is 4. The number of hydrogen-bond donors (Lipinski definition) is 5. The van der Waals surface area contributed by atoms with E-state index in [1.54, 1.807) is 26.2 Å². The standard InChI is InChI=1S/C44H49N7O9/c1-44(2,3)60-40(53)38(22-24-47-42(54)58-25-35-31-17-8-4-13-27(31)28-14-5-9-18-32(28)35)48-39(52)37(21-12-23-46-41(45)50-51(56)57)49-43(55)59-26-36-33-19-10-6-15-29(33)30-16-7-11-20-34(30)36/h4-11,13-20,35-38H,12,21-26H2,1-3H3,(H,47,54)(H,48,52)(H,49,55)(H3,45,46,50)/t37-,38-/m0/s1. The average Bonchev–Trinajstić information content (AvgIpc) is 3.71. The molecule has 0 fully saturated rings. The number of nitrogens with two attached hydrogens (primary N) is 1. The quantitative estimate of drug-likeness (QED) is 0.0180. The number of guanidine groups is 1. The van der Waals surface area contributed by atoms with Crippen molar-refractivity contribution < 1.29 is 38.4 Å². The number of fused-ring (bicyclic) bond motifs is 6. The number of esters is 1. The fourth-order valence-corrected chi connectivity index (χ4v) is 7.54. The summed E-state index contributed by atoms with van der Waals surface area (Å²) < 4.78 is 16.9. The molecule has 0 spiro atoms. The Kier molecular flexibility index (Phi) is 13.6. The molecule has 2 aliphatic rings. The zero-order valence-electron chi connectivity index (χ0n) is 33.6. The predicted octanol–water partition coefficient (Wildman–Crippen LogP) is 5.53. The van der Waals surface area contributed by atoms with Gasteiger partial charge in [0.15, 0.2) is 5.03 Å². The molecule has 3 amide bonds. The highest BCUT2D eigenvalue weighted by Gasteiger charge is 2.33. The monoisotopic (exact) mass is 819 g/mol. The molecule has 0 radical (unpaired) electrons. The molecule has 60 heavy (non-hydrogen) atoms. The lowest BCUT2D eigenvalue weighted by atomic mass is 9.98. The van der Waals surface area contributed by atoms with E-state index in [1.807, 2.05) is 97.1 Å². The van der Waals surface area contributed by atoms with Gasteiger partial charge in [-0.15, -0.1) is 0 Å². The maximum Gasteiger partial charge on any atom is 0.407 e. The van der Waals surface area contributed by atoms with Gasteiger partial charge < -0.3 is 35.9 Å². The molecule has 0 unspecified atom stereocenters. The number of ether oxygens (including phenoxy) is 3. The van der Waals surface area contributed by atoms with Crippen molar-refractivity contribution in [3.63, 3.8) is 0 Å². The highest BCUT2D eigenvalue weighted by molar-refractivity contribution is 5.90. The topological polar surface area (TPSA) is 226 Å². The van der Waals surface area contributed by atoms with Crippen LogP contribution < -0.4 is 27.1 Å². The summed E-state index contributed by atoms with van der Waals surface area (Å²) in [4.78, 5) is 68.3. The second-order valence-electron chi connectivity index (χ2n) is 15.4. The van der Waals surface area contributed by atoms with E-state index < -0.39 is 52.7 Å². The number of rotatable bonds is 16. The number of alkyl carbamates (subject to hydrolysis) is 2. The minimum Gasteiger partial charge on any atom is -0.458 e. The van der Waals surface area contributed by atoms with Crippen LogP contribution >= 0.6 is 0 Å². The van der Waals surface area contributed by atoms with Gasteiger partial charge in [-0.2, -0.15) is 0 Å². The molecule has 0 saturated carbocycles. The van der Waals surface area contributed by atoms with Crippen LogP contribution in [-0.4, -0.2) is 79.0 Å². The number of amides is 3. The third-order valence-corrected chi connectivity index (χ3v) is 10.1. The second-order valence-corrected chi connectivity index (χ2v) is 15.4. The Morgan fingerprint density at radius 2 is 1.18 bits per heavy atom. The van der Waals surface area contributed by atoms with Crippen molar-refractivity contribution in [2.75, 3.05) is 26.3 Å². The van der Waals surface area contributed by atoms with E-state index >= 15 is 0 Å². The van der Waals surface area contributed by atoms with E-state index in [-0.39, 0.29) is 57.4 Å². The van der Waals surface area contributed by atoms with Crippen LogP contribution in [0.3, 0.4) is 0 Å². The summed E-state index contributed by atoms with van der Waals surface area (Å²) in [5.41, 5.74) is 14.8. The number of aliphatic imine (C=N–C) groups is 1. The van der Waals surface area contributed by atoms with Crippen LogP contribution in [0.1, 0.15) is 74.1 Å². The van der Waals surface area contributed by atoms with Crippen molar-refractivity contribution in [3.8, 4) is 22.3 Å². The molecule has 0 heterocycles. The Hall–Kier alpha value is -6.97. The maximum absolute atomic E-state index is 13.9. The molecule has 4 aromatic rings. The fourth-order valence-electron chi connectivity index (χ4n) is 7.54. The molecule has 6 N–H and O–H groups in total. The summed E-state index contributed by atoms with van der Waals surface area (Å²) in [5.74, 6) is -2.31. The van der Waals surface area contributed by atoms with Gasteiger partial charge in [0, 0.05) is 24.9 Å². The Labute approximate surface area is 347 Å². The SMILES string of the molecule is CC(C)(C)OC(=O)[C@H](CCNC(=O)OCC1c2ccccc2-c2ccccc21)NC(=O)[C@H](CCCN=C(N)N[N+](=O)[O-])NC(=O)OCC1c2ccccc2-c2ccccc21. The molecule has 0 aliphatic heterocycles. The van der Waals surface area contributed by atoms with Crippen LogP contribution in [0, 0.1) is 10.1 Å². The zero-order valence-corrected chi connectivity index (χ0v) is 33.6. The van der Waals surface area contributed by atoms with Crippen molar-refractivity contribution in [2.45, 2.75) is 69.6 Å². The maximum atomic E-state index is 13.9. The molecule has 4 aromatic carbocycles. The van der Waals surface area contributed by atoms with Crippen molar-refractivity contribution in [3.05, 3.63) is 129 Å². The molecule has 6 rings (SSSR count). The lowest BCUT2D eigenvalue weighted by Crippen LogP contribution is -2.53. The molecule has 0 saturated heterocycles. The first-order valence-corrected chi connectivity index (χ1v) is 19.7. The minimum atomic E-state index is -1.24. The largest absolute Gasteiger partial charge is 0.458 e. The molecular formula is C44H49N7O9. The van der Waals surface area contributed by atoms with Crippen molar-refractivity contribution in [2.24, 2.45) is 10.7 Å². The Bertz CT molecular complexity index is 2170. The Balaban J connectivity index is 1.09. The second kappa shape index (κ2) is 19.2. The average molecular weight is 820 g/mol. The van der Waals surface area contributed by atoms with Gasteiger partial charge in [-0.3, -0.25) is 4.79 Å². The number of nitrogens with one attached hydrogen (secondary N) is 4. The highest BCUT2D eigenvalue weighted by Crippen LogP contribution is 2.45. The van der Waals surface area contributed by atoms with Crippen LogP contribution in [0.15, 0.2) is 102 Å². The number of nitro groups is 1. The number of hydrazine groups is 1. The smallest absolute Gasteiger partial charge is 0.407 e. The van der Waals surface area contributed by atoms with E-state index in [0.29, 0.717) is 0 Å². The molecule has 314 valence electrons. The lowest BCUT2D eigenvalue weighted by Gasteiger charge is -2.26. The lowest BCUT2D eigenvalue weighted by molar-refractivity contribution is -0.525. The summed E-state index contributed by atoms with van der Waals surface area (Å²) in [6, 6.07) is 29.2. The summed E-state index contributed by atoms with van der Waals surface area (Å²) in [6.45, 7) is 5.03. The third kappa shape index (κ3) is 10.7. The van der Waals surface area contributed by atoms with Crippen LogP contribution in [0.4, 0.5) is 9.59 Å². The first-order valence-electron chi connectivity index (χ1n) is 19.7. The zero-order chi connectivity index (χ0) is 42.8. The first kappa shape index (κ1) is 42.6. The Morgan fingerprint density at radius 3 is 1.65 bits per heavy atom. The van der Waals surface area contributed by atoms with Gasteiger partial charge in [0.2, 0.25) is 5.91 Å². The van der Waals surface area contributed by atoms with Crippen molar-refractivity contribution >= 4 is 30.0 Å². The van der Waals surface area contributed by atoms with Gasteiger partial charge in [-0.1, -0.05) is 102 Å². The summed E-state index contributed by atoms with van der Waals surface area (Å²) in [7, 11) is 0. The van der Waals surface area contributed by atoms with Gasteiger partial charge in [0.25, 0.3) is 5.96 Å². The van der Waals surface area contributed by atoms with Crippen LogP contribution in [-0.2, 0) is 23.8 Å². The van der Waals surface area contributed by atoms with Gasteiger partial charge >= 0.3 is 18.2 Å². The first-order chi connectivity index (χ1) is 28.8. The summed E-state index contributed by atoms with van der Waals surface area (Å²) in [5, 5.41) is 17.8. The predicted molar refractivity (Wildman–Crippen MR) is 223 cm³/mol. The highest BCUT2D eigenvalue weighted by atomic mass is 16.7. The van der Waals surface area contributed by atoms with Gasteiger partial charge in [-0.05, 0) is 84.5 Å². The molecule has 16 nitrogen and oxygen atoms in total. The summed E-state index contributed by atoms with van der Waals surface area (Å²) in [6.07, 6.45) is -1.50. The fraction of sp³-hybridized carbons (Fsp3) is 0.341. The van der Waals surface area contributed by atoms with E-state index in [1.165, 1.54) is 0 Å². The Morgan fingerprint density at radius 1 is 0.717 bits per heavy atom. The normalized spacial score (nSPS) is 14.0. The van der Waals surface area contributed by atoms with Crippen LogP contribution in [0.5, 0.6) is 0 Å².